The molecule has 2 aromatic carbocycles. The molecular weight excluding hydrogens is 379 g/mol. The summed E-state index contributed by atoms with van der Waals surface area (Å²) < 4.78 is 21.8. The number of hydrogen-bond donors (Lipinski definition) is 0. The van der Waals surface area contributed by atoms with E-state index in [1.54, 1.807) is 18.3 Å². The molecule has 0 unspecified atom stereocenters. The van der Waals surface area contributed by atoms with E-state index in [0.717, 1.165) is 17.4 Å². The van der Waals surface area contributed by atoms with Gasteiger partial charge in [-0.2, -0.15) is 0 Å². The number of halogens is 1. The van der Waals surface area contributed by atoms with Crippen molar-refractivity contribution in [3.8, 4) is 5.75 Å². The Balaban J connectivity index is 1.51. The molecule has 0 spiro atoms. The fourth-order valence-electron chi connectivity index (χ4n) is 4.54. The van der Waals surface area contributed by atoms with Gasteiger partial charge in [-0.3, -0.25) is 4.98 Å². The van der Waals surface area contributed by atoms with Crippen LogP contribution in [0.5, 0.6) is 5.75 Å². The number of carbonyl (C=O) groups is 1. The summed E-state index contributed by atoms with van der Waals surface area (Å²) in [5.74, 6) is 0.137. The topological polar surface area (TPSA) is 44.1 Å². The molecule has 0 amide bonds. The predicted molar refractivity (Wildman–Crippen MR) is 115 cm³/mol. The van der Waals surface area contributed by atoms with E-state index in [1.807, 2.05) is 30.5 Å². The summed E-state index contributed by atoms with van der Waals surface area (Å²) in [6, 6.07) is 13.9. The van der Waals surface area contributed by atoms with Crippen LogP contribution in [0.15, 0.2) is 60.9 Å². The number of ether oxygens (including phenoxy) is 1. The Hall–Kier alpha value is -3.21. The zero-order valence-corrected chi connectivity index (χ0v) is 16.7. The number of rotatable bonds is 4. The lowest BCUT2D eigenvalue weighted by molar-refractivity contribution is 0.0738. The highest BCUT2D eigenvalue weighted by atomic mass is 19.1. The monoisotopic (exact) mass is 402 g/mol. The first kappa shape index (κ1) is 18.8. The molecular formula is C25H23FN2O2. The smallest absolute Gasteiger partial charge is 0.345 e. The minimum atomic E-state index is -0.494. The second kappa shape index (κ2) is 7.90. The summed E-state index contributed by atoms with van der Waals surface area (Å²) in [5, 5.41) is 1.48. The maximum Gasteiger partial charge on any atom is 0.345 e. The van der Waals surface area contributed by atoms with Crippen LogP contribution in [0.2, 0.25) is 0 Å². The van der Waals surface area contributed by atoms with Crippen LogP contribution in [0.1, 0.15) is 42.5 Å². The molecule has 1 aliphatic carbocycles. The number of pyridine rings is 1. The van der Waals surface area contributed by atoms with Gasteiger partial charge in [0, 0.05) is 35.2 Å². The number of fused-ring (bicyclic) bond motifs is 2. The zero-order chi connectivity index (χ0) is 20.5. The highest BCUT2D eigenvalue weighted by molar-refractivity contribution is 6.05. The van der Waals surface area contributed by atoms with Crippen LogP contribution in [-0.2, 0) is 6.54 Å². The third kappa shape index (κ3) is 3.56. The standard InChI is InChI=1S/C25H23FN2O2/c26-19-11-12-22-20(14-19)21(16-28(22)15-17-6-2-1-3-7-17)25(29)30-23-10-4-8-18-9-5-13-27-24(18)23/h4-5,8-14,16-17H,1-3,6-7,15H2. The maximum atomic E-state index is 14.0. The van der Waals surface area contributed by atoms with Gasteiger partial charge >= 0.3 is 5.97 Å². The molecule has 5 rings (SSSR count). The van der Waals surface area contributed by atoms with Crippen molar-refractivity contribution in [3.05, 3.63) is 72.3 Å². The molecule has 0 radical (unpaired) electrons. The van der Waals surface area contributed by atoms with Crippen molar-refractivity contribution in [2.45, 2.75) is 38.6 Å². The molecule has 30 heavy (non-hydrogen) atoms. The van der Waals surface area contributed by atoms with Crippen LogP contribution in [-0.4, -0.2) is 15.5 Å². The lowest BCUT2D eigenvalue weighted by atomic mass is 9.89. The van der Waals surface area contributed by atoms with E-state index in [-0.39, 0.29) is 5.82 Å². The fraction of sp³-hybridized carbons (Fsp3) is 0.280. The molecule has 4 nitrogen and oxygen atoms in total. The lowest BCUT2D eigenvalue weighted by Crippen LogP contribution is -2.13. The van der Waals surface area contributed by atoms with Crippen molar-refractivity contribution in [1.29, 1.82) is 0 Å². The molecule has 0 bridgehead atoms. The molecule has 0 N–H and O–H groups in total. The molecule has 4 aromatic rings. The maximum absolute atomic E-state index is 14.0. The van der Waals surface area contributed by atoms with Gasteiger partial charge in [-0.1, -0.05) is 37.5 Å². The molecule has 152 valence electrons. The van der Waals surface area contributed by atoms with Crippen LogP contribution in [0.3, 0.4) is 0 Å². The van der Waals surface area contributed by atoms with Crippen molar-refractivity contribution in [2.75, 3.05) is 0 Å². The van der Waals surface area contributed by atoms with Crippen LogP contribution < -0.4 is 4.74 Å². The van der Waals surface area contributed by atoms with E-state index >= 15 is 0 Å². The fourth-order valence-corrected chi connectivity index (χ4v) is 4.54. The molecule has 1 fully saturated rings. The van der Waals surface area contributed by atoms with E-state index in [1.165, 1.54) is 44.2 Å². The largest absolute Gasteiger partial charge is 0.421 e. The number of benzene rings is 2. The number of hydrogen-bond acceptors (Lipinski definition) is 3. The summed E-state index contributed by atoms with van der Waals surface area (Å²) >= 11 is 0. The highest BCUT2D eigenvalue weighted by Gasteiger charge is 2.21. The average Bonchev–Trinajstić information content (AvgIpc) is 3.12. The number of para-hydroxylation sites is 1. The second-order valence-electron chi connectivity index (χ2n) is 8.08. The van der Waals surface area contributed by atoms with Crippen LogP contribution in [0.25, 0.3) is 21.8 Å². The normalized spacial score (nSPS) is 15.0. The summed E-state index contributed by atoms with van der Waals surface area (Å²) in [4.78, 5) is 17.4. The molecule has 0 aliphatic heterocycles. The molecule has 1 saturated carbocycles. The van der Waals surface area contributed by atoms with Crippen molar-refractivity contribution in [3.63, 3.8) is 0 Å². The minimum Gasteiger partial charge on any atom is -0.421 e. The van der Waals surface area contributed by atoms with Crippen LogP contribution in [0.4, 0.5) is 4.39 Å². The third-order valence-corrected chi connectivity index (χ3v) is 6.04. The molecule has 0 saturated heterocycles. The Kier molecular flexibility index (Phi) is 4.95. The third-order valence-electron chi connectivity index (χ3n) is 6.04. The van der Waals surface area contributed by atoms with E-state index in [9.17, 15) is 9.18 Å². The number of nitrogens with zero attached hydrogens (tertiary/aromatic N) is 2. The predicted octanol–water partition coefficient (Wildman–Crippen LogP) is 6.13. The quantitative estimate of drug-likeness (QED) is 0.305. The Bertz CT molecular complexity index is 1220. The molecule has 2 heterocycles. The first-order valence-electron chi connectivity index (χ1n) is 10.5. The highest BCUT2D eigenvalue weighted by Crippen LogP contribution is 2.30. The van der Waals surface area contributed by atoms with Gasteiger partial charge in [0.25, 0.3) is 0 Å². The van der Waals surface area contributed by atoms with Gasteiger partial charge in [-0.25, -0.2) is 9.18 Å². The van der Waals surface area contributed by atoms with Crippen molar-refractivity contribution in [2.24, 2.45) is 5.92 Å². The molecule has 0 atom stereocenters. The van der Waals surface area contributed by atoms with Crippen molar-refractivity contribution < 1.29 is 13.9 Å². The summed E-state index contributed by atoms with van der Waals surface area (Å²) in [5.41, 5.74) is 1.88. The Labute approximate surface area is 174 Å². The lowest BCUT2D eigenvalue weighted by Gasteiger charge is -2.22. The van der Waals surface area contributed by atoms with Gasteiger partial charge in [0.2, 0.25) is 0 Å². The van der Waals surface area contributed by atoms with Crippen molar-refractivity contribution >= 4 is 27.8 Å². The summed E-state index contributed by atoms with van der Waals surface area (Å²) in [7, 11) is 0. The number of esters is 1. The van der Waals surface area contributed by atoms with Gasteiger partial charge in [0.1, 0.15) is 11.3 Å². The van der Waals surface area contributed by atoms with E-state index in [2.05, 4.69) is 9.55 Å². The van der Waals surface area contributed by atoms with Gasteiger partial charge in [-0.15, -0.1) is 0 Å². The van der Waals surface area contributed by atoms with Gasteiger partial charge in [0.05, 0.1) is 5.56 Å². The number of carbonyl (C=O) groups excluding carboxylic acids is 1. The molecule has 2 aromatic heterocycles. The molecule has 5 heteroatoms. The SMILES string of the molecule is O=C(Oc1cccc2cccnc12)c1cn(CC2CCCCC2)c2ccc(F)cc12. The Morgan fingerprint density at radius 1 is 1.10 bits per heavy atom. The average molecular weight is 402 g/mol. The van der Waals surface area contributed by atoms with Crippen molar-refractivity contribution in [1.82, 2.24) is 9.55 Å². The van der Waals surface area contributed by atoms with E-state index in [0.29, 0.717) is 28.1 Å². The van der Waals surface area contributed by atoms with Gasteiger partial charge in [0.15, 0.2) is 5.75 Å². The first-order chi connectivity index (χ1) is 14.7. The van der Waals surface area contributed by atoms with E-state index in [4.69, 9.17) is 4.74 Å². The summed E-state index contributed by atoms with van der Waals surface area (Å²) in [6.45, 7) is 0.839. The second-order valence-corrected chi connectivity index (χ2v) is 8.08. The van der Waals surface area contributed by atoms with Crippen LogP contribution in [0, 0.1) is 11.7 Å². The van der Waals surface area contributed by atoms with E-state index < -0.39 is 5.97 Å². The zero-order valence-electron chi connectivity index (χ0n) is 16.7. The summed E-state index contributed by atoms with van der Waals surface area (Å²) in [6.07, 6.45) is 9.68. The first-order valence-corrected chi connectivity index (χ1v) is 10.5. The van der Waals surface area contributed by atoms with Gasteiger partial charge in [-0.05, 0) is 49.1 Å². The van der Waals surface area contributed by atoms with Gasteiger partial charge < -0.3 is 9.30 Å². The number of aromatic nitrogens is 2. The van der Waals surface area contributed by atoms with Crippen LogP contribution >= 0.6 is 0 Å². The minimum absolute atomic E-state index is 0.362. The Morgan fingerprint density at radius 3 is 2.80 bits per heavy atom. The Morgan fingerprint density at radius 2 is 1.93 bits per heavy atom. The molecule has 1 aliphatic rings.